The molecule has 17 heavy (non-hydrogen) atoms. The average molecular weight is 235 g/mol. The van der Waals surface area contributed by atoms with Crippen molar-refractivity contribution < 1.29 is 8.78 Å². The Morgan fingerprint density at radius 2 is 2.06 bits per heavy atom. The molecule has 0 amide bonds. The van der Waals surface area contributed by atoms with Gasteiger partial charge in [-0.2, -0.15) is 0 Å². The molecular formula is C12H11F2N3. The zero-order valence-electron chi connectivity index (χ0n) is 9.00. The number of halogens is 2. The smallest absolute Gasteiger partial charge is 0.168 e. The van der Waals surface area contributed by atoms with Crippen molar-refractivity contribution in [3.05, 3.63) is 41.9 Å². The number of hydrogen-bond donors (Lipinski definition) is 2. The van der Waals surface area contributed by atoms with E-state index >= 15 is 0 Å². The van der Waals surface area contributed by atoms with Crippen molar-refractivity contribution >= 4 is 0 Å². The molecule has 0 spiro atoms. The fourth-order valence-electron chi connectivity index (χ4n) is 1.79. The molecule has 3 N–H and O–H groups in total. The Kier molecular flexibility index (Phi) is 2.06. The summed E-state index contributed by atoms with van der Waals surface area (Å²) in [6.45, 7) is 0. The maximum atomic E-state index is 13.6. The Labute approximate surface area is 96.7 Å². The number of rotatable bonds is 2. The molecule has 0 bridgehead atoms. The van der Waals surface area contributed by atoms with E-state index in [0.29, 0.717) is 11.5 Å². The van der Waals surface area contributed by atoms with Crippen LogP contribution in [0.4, 0.5) is 8.78 Å². The molecule has 1 aliphatic carbocycles. The third-order valence-electron chi connectivity index (χ3n) is 3.08. The van der Waals surface area contributed by atoms with E-state index < -0.39 is 17.2 Å². The largest absolute Gasteiger partial charge is 0.340 e. The van der Waals surface area contributed by atoms with Crippen LogP contribution in [-0.2, 0) is 5.54 Å². The minimum atomic E-state index is -0.871. The van der Waals surface area contributed by atoms with Crippen molar-refractivity contribution in [1.29, 1.82) is 0 Å². The quantitative estimate of drug-likeness (QED) is 0.839. The van der Waals surface area contributed by atoms with Crippen LogP contribution in [0.5, 0.6) is 0 Å². The number of aromatic amines is 1. The summed E-state index contributed by atoms with van der Waals surface area (Å²) in [4.78, 5) is 7.08. The minimum absolute atomic E-state index is 0.174. The summed E-state index contributed by atoms with van der Waals surface area (Å²) in [7, 11) is 0. The maximum absolute atomic E-state index is 13.6. The van der Waals surface area contributed by atoms with Gasteiger partial charge in [-0.05, 0) is 25.0 Å². The molecule has 1 aromatic carbocycles. The van der Waals surface area contributed by atoms with Crippen LogP contribution in [0.25, 0.3) is 11.3 Å². The standard InChI is InChI=1S/C12H11F2N3/c13-8-3-1-2-7(10(8)14)9-6-16-11(17-9)12(15)4-5-12/h1-3,6H,4-5,15H2,(H,16,17). The van der Waals surface area contributed by atoms with Crippen molar-refractivity contribution in [1.82, 2.24) is 9.97 Å². The van der Waals surface area contributed by atoms with Crippen LogP contribution < -0.4 is 5.73 Å². The van der Waals surface area contributed by atoms with E-state index in [1.165, 1.54) is 18.3 Å². The topological polar surface area (TPSA) is 54.7 Å². The predicted molar refractivity (Wildman–Crippen MR) is 59.0 cm³/mol. The van der Waals surface area contributed by atoms with E-state index in [2.05, 4.69) is 9.97 Å². The molecule has 3 rings (SSSR count). The lowest BCUT2D eigenvalue weighted by molar-refractivity contribution is 0.511. The second-order valence-electron chi connectivity index (χ2n) is 4.40. The summed E-state index contributed by atoms with van der Waals surface area (Å²) in [6.07, 6.45) is 3.22. The predicted octanol–water partition coefficient (Wildman–Crippen LogP) is 2.30. The van der Waals surface area contributed by atoms with Crippen LogP contribution in [0, 0.1) is 11.6 Å². The molecule has 0 unspecified atom stereocenters. The van der Waals surface area contributed by atoms with Gasteiger partial charge in [0.05, 0.1) is 17.4 Å². The van der Waals surface area contributed by atoms with E-state index in [0.717, 1.165) is 18.9 Å². The summed E-state index contributed by atoms with van der Waals surface area (Å²) in [5, 5.41) is 0. The van der Waals surface area contributed by atoms with Crippen molar-refractivity contribution in [3.8, 4) is 11.3 Å². The Balaban J connectivity index is 2.04. The third kappa shape index (κ3) is 1.63. The lowest BCUT2D eigenvalue weighted by atomic mass is 10.1. The van der Waals surface area contributed by atoms with Gasteiger partial charge in [0.15, 0.2) is 11.6 Å². The molecule has 0 atom stereocenters. The van der Waals surface area contributed by atoms with E-state index in [1.54, 1.807) is 0 Å². The first-order valence-electron chi connectivity index (χ1n) is 5.39. The minimum Gasteiger partial charge on any atom is -0.340 e. The van der Waals surface area contributed by atoms with Gasteiger partial charge in [-0.25, -0.2) is 13.8 Å². The third-order valence-corrected chi connectivity index (χ3v) is 3.08. The normalized spacial score (nSPS) is 17.1. The second-order valence-corrected chi connectivity index (χ2v) is 4.40. The Hall–Kier alpha value is -1.75. The summed E-state index contributed by atoms with van der Waals surface area (Å²) < 4.78 is 26.6. The molecule has 3 nitrogen and oxygen atoms in total. The summed E-state index contributed by atoms with van der Waals surface area (Å²) in [6, 6.07) is 4.05. The van der Waals surface area contributed by atoms with Crippen LogP contribution in [0.15, 0.2) is 24.4 Å². The van der Waals surface area contributed by atoms with Crippen LogP contribution in [-0.4, -0.2) is 9.97 Å². The highest BCUT2D eigenvalue weighted by molar-refractivity contribution is 5.59. The molecule has 0 saturated heterocycles. The number of nitrogens with two attached hydrogens (primary N) is 1. The molecular weight excluding hydrogens is 224 g/mol. The van der Waals surface area contributed by atoms with Crippen molar-refractivity contribution in [2.24, 2.45) is 5.73 Å². The number of hydrogen-bond acceptors (Lipinski definition) is 2. The van der Waals surface area contributed by atoms with Crippen molar-refractivity contribution in [2.75, 3.05) is 0 Å². The number of nitrogens with zero attached hydrogens (tertiary/aromatic N) is 1. The lowest BCUT2D eigenvalue weighted by Gasteiger charge is -2.04. The molecule has 1 fully saturated rings. The number of nitrogens with one attached hydrogen (secondary N) is 1. The van der Waals surface area contributed by atoms with Gasteiger partial charge in [0.25, 0.3) is 0 Å². The highest BCUT2D eigenvalue weighted by atomic mass is 19.2. The van der Waals surface area contributed by atoms with E-state index in [9.17, 15) is 8.78 Å². The van der Waals surface area contributed by atoms with Gasteiger partial charge in [0.2, 0.25) is 0 Å². The van der Waals surface area contributed by atoms with E-state index in [1.807, 2.05) is 0 Å². The molecule has 2 aromatic rings. The van der Waals surface area contributed by atoms with E-state index in [-0.39, 0.29) is 5.56 Å². The molecule has 0 aliphatic heterocycles. The number of aromatic nitrogens is 2. The first-order valence-corrected chi connectivity index (χ1v) is 5.39. The summed E-state index contributed by atoms with van der Waals surface area (Å²) in [5.74, 6) is -1.10. The molecule has 1 saturated carbocycles. The molecule has 88 valence electrons. The average Bonchev–Trinajstić information content (AvgIpc) is 2.88. The van der Waals surface area contributed by atoms with Crippen molar-refractivity contribution in [2.45, 2.75) is 18.4 Å². The monoisotopic (exact) mass is 235 g/mol. The Morgan fingerprint density at radius 3 is 2.76 bits per heavy atom. The molecule has 0 radical (unpaired) electrons. The summed E-state index contributed by atoms with van der Waals surface area (Å²) in [5.41, 5.74) is 6.19. The summed E-state index contributed by atoms with van der Waals surface area (Å²) >= 11 is 0. The zero-order valence-corrected chi connectivity index (χ0v) is 9.00. The van der Waals surface area contributed by atoms with Crippen LogP contribution in [0.3, 0.4) is 0 Å². The second kappa shape index (κ2) is 3.37. The van der Waals surface area contributed by atoms with Gasteiger partial charge < -0.3 is 10.7 Å². The fraction of sp³-hybridized carbons (Fsp3) is 0.250. The van der Waals surface area contributed by atoms with E-state index in [4.69, 9.17) is 5.73 Å². The number of H-pyrrole nitrogens is 1. The first kappa shape index (κ1) is 10.4. The van der Waals surface area contributed by atoms with Gasteiger partial charge in [0, 0.05) is 5.56 Å². The van der Waals surface area contributed by atoms with Crippen LogP contribution >= 0.6 is 0 Å². The van der Waals surface area contributed by atoms with Gasteiger partial charge in [0.1, 0.15) is 5.82 Å². The molecule has 1 heterocycles. The van der Waals surface area contributed by atoms with Crippen molar-refractivity contribution in [3.63, 3.8) is 0 Å². The highest BCUT2D eigenvalue weighted by Crippen LogP contribution is 2.41. The Morgan fingerprint density at radius 1 is 1.29 bits per heavy atom. The van der Waals surface area contributed by atoms with Gasteiger partial charge in [-0.15, -0.1) is 0 Å². The molecule has 1 aromatic heterocycles. The van der Waals surface area contributed by atoms with Crippen LogP contribution in [0.2, 0.25) is 0 Å². The first-order chi connectivity index (χ1) is 8.10. The zero-order chi connectivity index (χ0) is 12.0. The van der Waals surface area contributed by atoms with Gasteiger partial charge in [-0.1, -0.05) is 6.07 Å². The van der Waals surface area contributed by atoms with Gasteiger partial charge in [-0.3, -0.25) is 0 Å². The lowest BCUT2D eigenvalue weighted by Crippen LogP contribution is -2.20. The van der Waals surface area contributed by atoms with Gasteiger partial charge >= 0.3 is 0 Å². The fourth-order valence-corrected chi connectivity index (χ4v) is 1.79. The Bertz CT molecular complexity index is 573. The number of imidazole rings is 1. The van der Waals surface area contributed by atoms with Crippen LogP contribution in [0.1, 0.15) is 18.7 Å². The number of benzene rings is 1. The highest BCUT2D eigenvalue weighted by Gasteiger charge is 2.42. The molecule has 5 heteroatoms. The molecule has 1 aliphatic rings. The SMILES string of the molecule is NC1(c2ncc(-c3cccc(F)c3F)[nH]2)CC1. The maximum Gasteiger partial charge on any atom is 0.168 e.